The molecule has 34 heavy (non-hydrogen) atoms. The fourth-order valence-corrected chi connectivity index (χ4v) is 4.23. The van der Waals surface area contributed by atoms with Crippen LogP contribution in [-0.2, 0) is 6.54 Å². The quantitative estimate of drug-likeness (QED) is 0.237. The van der Waals surface area contributed by atoms with E-state index in [9.17, 15) is 0 Å². The predicted molar refractivity (Wildman–Crippen MR) is 144 cm³/mol. The largest absolute Gasteiger partial charge is 0.279 e. The second-order valence-electron chi connectivity index (χ2n) is 8.54. The molecule has 0 spiro atoms. The highest BCUT2D eigenvalue weighted by Crippen LogP contribution is 2.26. The van der Waals surface area contributed by atoms with E-state index in [2.05, 4.69) is 134 Å². The van der Waals surface area contributed by atoms with Crippen molar-refractivity contribution in [3.05, 3.63) is 156 Å². The van der Waals surface area contributed by atoms with Gasteiger partial charge in [0.15, 0.2) is 0 Å². The SMILES string of the molecule is Cc1cccc(C(=NCc2ccccc2)c2cccc(-c3ccc(-c4ccccc4)cc3)c2)c1. The maximum absolute atomic E-state index is 5.08. The Kier molecular flexibility index (Phi) is 6.45. The van der Waals surface area contributed by atoms with E-state index in [1.54, 1.807) is 0 Å². The Labute approximate surface area is 202 Å². The van der Waals surface area contributed by atoms with Gasteiger partial charge in [-0.25, -0.2) is 0 Å². The lowest BCUT2D eigenvalue weighted by molar-refractivity contribution is 1.07. The first kappa shape index (κ1) is 21.6. The van der Waals surface area contributed by atoms with Gasteiger partial charge >= 0.3 is 0 Å². The maximum Gasteiger partial charge on any atom is 0.0723 e. The van der Waals surface area contributed by atoms with E-state index >= 15 is 0 Å². The van der Waals surface area contributed by atoms with Crippen molar-refractivity contribution in [1.29, 1.82) is 0 Å². The summed E-state index contributed by atoms with van der Waals surface area (Å²) in [6.45, 7) is 2.78. The van der Waals surface area contributed by atoms with Crippen LogP contribution in [0.2, 0.25) is 0 Å². The van der Waals surface area contributed by atoms with Crippen LogP contribution in [0.3, 0.4) is 0 Å². The summed E-state index contributed by atoms with van der Waals surface area (Å²) in [6, 6.07) is 47.0. The van der Waals surface area contributed by atoms with Crippen molar-refractivity contribution in [2.45, 2.75) is 13.5 Å². The molecule has 164 valence electrons. The Morgan fingerprint density at radius 3 is 1.71 bits per heavy atom. The van der Waals surface area contributed by atoms with Crippen LogP contribution in [0, 0.1) is 6.92 Å². The zero-order valence-corrected chi connectivity index (χ0v) is 19.4. The van der Waals surface area contributed by atoms with Gasteiger partial charge < -0.3 is 0 Å². The van der Waals surface area contributed by atoms with Gasteiger partial charge in [-0.2, -0.15) is 0 Å². The van der Waals surface area contributed by atoms with E-state index < -0.39 is 0 Å². The molecule has 1 heteroatoms. The molecule has 0 aromatic heterocycles. The average Bonchev–Trinajstić information content (AvgIpc) is 2.90. The highest BCUT2D eigenvalue weighted by Gasteiger charge is 2.10. The van der Waals surface area contributed by atoms with Crippen molar-refractivity contribution < 1.29 is 0 Å². The summed E-state index contributed by atoms with van der Waals surface area (Å²) < 4.78 is 0. The first-order valence-corrected chi connectivity index (χ1v) is 11.7. The van der Waals surface area contributed by atoms with Gasteiger partial charge in [0.1, 0.15) is 0 Å². The van der Waals surface area contributed by atoms with Gasteiger partial charge in [-0.15, -0.1) is 0 Å². The van der Waals surface area contributed by atoms with Gasteiger partial charge in [0.05, 0.1) is 12.3 Å². The molecule has 0 N–H and O–H groups in total. The van der Waals surface area contributed by atoms with E-state index in [0.29, 0.717) is 6.54 Å². The van der Waals surface area contributed by atoms with Gasteiger partial charge in [0.25, 0.3) is 0 Å². The third kappa shape index (κ3) is 5.05. The summed E-state index contributed by atoms with van der Waals surface area (Å²) >= 11 is 0. The van der Waals surface area contributed by atoms with Crippen LogP contribution in [-0.4, -0.2) is 5.71 Å². The van der Waals surface area contributed by atoms with E-state index in [1.807, 2.05) is 6.07 Å². The molecule has 0 amide bonds. The van der Waals surface area contributed by atoms with E-state index in [1.165, 1.54) is 33.4 Å². The summed E-state index contributed by atoms with van der Waals surface area (Å²) in [5.74, 6) is 0. The van der Waals surface area contributed by atoms with Gasteiger partial charge in [-0.3, -0.25) is 4.99 Å². The van der Waals surface area contributed by atoms with Gasteiger partial charge in [-0.1, -0.05) is 127 Å². The van der Waals surface area contributed by atoms with Crippen molar-refractivity contribution in [2.24, 2.45) is 4.99 Å². The molecule has 0 heterocycles. The van der Waals surface area contributed by atoms with Crippen LogP contribution in [0.5, 0.6) is 0 Å². The minimum Gasteiger partial charge on any atom is -0.279 e. The second-order valence-corrected chi connectivity index (χ2v) is 8.54. The number of rotatable bonds is 6. The summed E-state index contributed by atoms with van der Waals surface area (Å²) in [5.41, 5.74) is 10.6. The predicted octanol–water partition coefficient (Wildman–Crippen LogP) is 8.37. The van der Waals surface area contributed by atoms with Crippen molar-refractivity contribution >= 4 is 5.71 Å². The number of aliphatic imine (C=N–C) groups is 1. The molecule has 0 radical (unpaired) electrons. The number of benzene rings is 5. The third-order valence-corrected chi connectivity index (χ3v) is 6.02. The summed E-state index contributed by atoms with van der Waals surface area (Å²) in [6.07, 6.45) is 0. The molecule has 5 rings (SSSR count). The number of hydrogen-bond donors (Lipinski definition) is 0. The lowest BCUT2D eigenvalue weighted by Gasteiger charge is -2.11. The number of nitrogens with zero attached hydrogens (tertiary/aromatic N) is 1. The first-order valence-electron chi connectivity index (χ1n) is 11.7. The number of aryl methyl sites for hydroxylation is 1. The average molecular weight is 438 g/mol. The molecular weight excluding hydrogens is 410 g/mol. The molecule has 0 saturated heterocycles. The smallest absolute Gasteiger partial charge is 0.0723 e. The highest BCUT2D eigenvalue weighted by molar-refractivity contribution is 6.13. The Bertz CT molecular complexity index is 1400. The monoisotopic (exact) mass is 437 g/mol. The highest BCUT2D eigenvalue weighted by atomic mass is 14.7. The van der Waals surface area contributed by atoms with Crippen LogP contribution in [0.25, 0.3) is 22.3 Å². The summed E-state index contributed by atoms with van der Waals surface area (Å²) in [4.78, 5) is 5.08. The van der Waals surface area contributed by atoms with Crippen LogP contribution in [0.4, 0.5) is 0 Å². The van der Waals surface area contributed by atoms with Gasteiger partial charge in [0, 0.05) is 11.1 Å². The first-order chi connectivity index (χ1) is 16.8. The zero-order chi connectivity index (χ0) is 23.2. The molecule has 0 atom stereocenters. The summed E-state index contributed by atoms with van der Waals surface area (Å²) in [5, 5.41) is 0. The van der Waals surface area contributed by atoms with Crippen LogP contribution in [0.1, 0.15) is 22.3 Å². The Hall–Kier alpha value is -4.23. The Morgan fingerprint density at radius 1 is 0.500 bits per heavy atom. The van der Waals surface area contributed by atoms with Crippen LogP contribution >= 0.6 is 0 Å². The molecule has 0 unspecified atom stereocenters. The van der Waals surface area contributed by atoms with Crippen molar-refractivity contribution in [3.63, 3.8) is 0 Å². The van der Waals surface area contributed by atoms with Gasteiger partial charge in [0.2, 0.25) is 0 Å². The fraction of sp³-hybridized carbons (Fsp3) is 0.0606. The molecule has 0 fully saturated rings. The minimum absolute atomic E-state index is 0.653. The molecule has 0 bridgehead atoms. The fourth-order valence-electron chi connectivity index (χ4n) is 4.23. The minimum atomic E-state index is 0.653. The van der Waals surface area contributed by atoms with Crippen molar-refractivity contribution in [3.8, 4) is 22.3 Å². The summed E-state index contributed by atoms with van der Waals surface area (Å²) in [7, 11) is 0. The standard InChI is InChI=1S/C33H27N/c1-25-10-8-16-31(22-25)33(34-24-26-11-4-2-5-12-26)32-17-9-15-30(23-32)29-20-18-28(19-21-29)27-13-6-3-7-14-27/h2-23H,24H2,1H3. The molecular formula is C33H27N. The molecule has 0 aliphatic heterocycles. The third-order valence-electron chi connectivity index (χ3n) is 6.02. The normalized spacial score (nSPS) is 11.4. The molecule has 0 saturated carbocycles. The lowest BCUT2D eigenvalue weighted by atomic mass is 9.95. The molecule has 0 aliphatic carbocycles. The molecule has 1 nitrogen and oxygen atoms in total. The number of hydrogen-bond acceptors (Lipinski definition) is 1. The van der Waals surface area contributed by atoms with Crippen LogP contribution < -0.4 is 0 Å². The van der Waals surface area contributed by atoms with Gasteiger partial charge in [-0.05, 0) is 46.9 Å². The molecule has 5 aromatic carbocycles. The zero-order valence-electron chi connectivity index (χ0n) is 19.4. The maximum atomic E-state index is 5.08. The second kappa shape index (κ2) is 10.1. The van der Waals surface area contributed by atoms with Crippen LogP contribution in [0.15, 0.2) is 138 Å². The Balaban J connectivity index is 1.50. The Morgan fingerprint density at radius 2 is 1.03 bits per heavy atom. The molecule has 0 aliphatic rings. The topological polar surface area (TPSA) is 12.4 Å². The van der Waals surface area contributed by atoms with Crippen molar-refractivity contribution in [1.82, 2.24) is 0 Å². The van der Waals surface area contributed by atoms with Crippen molar-refractivity contribution in [2.75, 3.05) is 0 Å². The lowest BCUT2D eigenvalue weighted by Crippen LogP contribution is -2.05. The van der Waals surface area contributed by atoms with E-state index in [-0.39, 0.29) is 0 Å². The van der Waals surface area contributed by atoms with E-state index in [4.69, 9.17) is 4.99 Å². The molecule has 5 aromatic rings. The van der Waals surface area contributed by atoms with E-state index in [0.717, 1.165) is 16.8 Å².